The minimum Gasteiger partial charge on any atom is -0.481 e. The Balaban J connectivity index is 2.83. The highest BCUT2D eigenvalue weighted by Gasteiger charge is 2.14. The largest absolute Gasteiger partial charge is 0.481 e. The van der Waals surface area contributed by atoms with Crippen molar-refractivity contribution in [1.82, 2.24) is 4.98 Å². The van der Waals surface area contributed by atoms with Crippen molar-refractivity contribution in [3.05, 3.63) is 23.9 Å². The molecule has 0 aliphatic heterocycles. The molecule has 2 unspecified atom stereocenters. The molecule has 2 atom stereocenters. The van der Waals surface area contributed by atoms with E-state index in [9.17, 15) is 0 Å². The number of alkyl halides is 1. The summed E-state index contributed by atoms with van der Waals surface area (Å²) in [6.07, 6.45) is 2.91. The zero-order valence-corrected chi connectivity index (χ0v) is 10.4. The summed E-state index contributed by atoms with van der Waals surface area (Å²) in [5.41, 5.74) is 1.26. The molecule has 78 valence electrons. The van der Waals surface area contributed by atoms with Gasteiger partial charge in [0.25, 0.3) is 0 Å². The van der Waals surface area contributed by atoms with Gasteiger partial charge in [-0.2, -0.15) is 0 Å². The normalized spacial score (nSPS) is 14.9. The number of nitrogens with zero attached hydrogens (tertiary/aromatic N) is 1. The monoisotopic (exact) mass is 257 g/mol. The van der Waals surface area contributed by atoms with E-state index in [1.807, 2.05) is 12.1 Å². The van der Waals surface area contributed by atoms with Crippen LogP contribution < -0.4 is 4.74 Å². The van der Waals surface area contributed by atoms with Crippen LogP contribution in [0.15, 0.2) is 18.3 Å². The molecule has 0 N–H and O–H groups in total. The number of aromatic nitrogens is 1. The summed E-state index contributed by atoms with van der Waals surface area (Å²) < 4.78 is 5.09. The van der Waals surface area contributed by atoms with Crippen LogP contribution in [0.3, 0.4) is 0 Å². The maximum atomic E-state index is 5.09. The smallest absolute Gasteiger partial charge is 0.213 e. The molecule has 0 bridgehead atoms. The van der Waals surface area contributed by atoms with Crippen LogP contribution in [0.25, 0.3) is 0 Å². The zero-order chi connectivity index (χ0) is 10.6. The molecular weight excluding hydrogens is 242 g/mol. The molecular formula is C11H16BrNO. The first-order valence-electron chi connectivity index (χ1n) is 4.83. The summed E-state index contributed by atoms with van der Waals surface area (Å²) in [6.45, 7) is 4.38. The third-order valence-corrected chi connectivity index (χ3v) is 3.87. The highest BCUT2D eigenvalue weighted by Crippen LogP contribution is 2.27. The van der Waals surface area contributed by atoms with Gasteiger partial charge in [0.15, 0.2) is 0 Å². The van der Waals surface area contributed by atoms with Gasteiger partial charge < -0.3 is 4.74 Å². The quantitative estimate of drug-likeness (QED) is 0.772. The van der Waals surface area contributed by atoms with Crippen molar-refractivity contribution < 1.29 is 4.74 Å². The van der Waals surface area contributed by atoms with Crippen LogP contribution in [-0.2, 0) is 0 Å². The van der Waals surface area contributed by atoms with Crippen molar-refractivity contribution in [3.8, 4) is 5.88 Å². The van der Waals surface area contributed by atoms with Gasteiger partial charge in [-0.1, -0.05) is 29.8 Å². The van der Waals surface area contributed by atoms with Gasteiger partial charge in [0.05, 0.1) is 7.11 Å². The molecule has 0 saturated carbocycles. The summed E-state index contributed by atoms with van der Waals surface area (Å²) in [5.74, 6) is 1.17. The lowest BCUT2D eigenvalue weighted by atomic mass is 9.97. The van der Waals surface area contributed by atoms with Gasteiger partial charge in [-0.05, 0) is 24.0 Å². The molecule has 0 amide bonds. The first kappa shape index (κ1) is 11.5. The Bertz CT molecular complexity index is 290. The molecule has 0 saturated heterocycles. The van der Waals surface area contributed by atoms with Gasteiger partial charge in [-0.25, -0.2) is 4.98 Å². The average molecular weight is 258 g/mol. The van der Waals surface area contributed by atoms with E-state index in [1.54, 1.807) is 13.3 Å². The average Bonchev–Trinajstić information content (AvgIpc) is 2.27. The molecule has 0 radical (unpaired) electrons. The van der Waals surface area contributed by atoms with E-state index >= 15 is 0 Å². The number of hydrogen-bond donors (Lipinski definition) is 0. The van der Waals surface area contributed by atoms with Crippen molar-refractivity contribution in [3.63, 3.8) is 0 Å². The molecule has 1 aromatic rings. The Morgan fingerprint density at radius 1 is 1.57 bits per heavy atom. The predicted molar refractivity (Wildman–Crippen MR) is 62.2 cm³/mol. The first-order valence-corrected chi connectivity index (χ1v) is 5.74. The SMILES string of the molecule is CCC(Br)C(C)c1ccnc(OC)c1. The number of methoxy groups -OCH3 is 1. The topological polar surface area (TPSA) is 22.1 Å². The maximum absolute atomic E-state index is 5.09. The molecule has 0 aromatic carbocycles. The molecule has 0 spiro atoms. The van der Waals surface area contributed by atoms with Crippen molar-refractivity contribution in [2.45, 2.75) is 31.0 Å². The second kappa shape index (κ2) is 5.35. The summed E-state index contributed by atoms with van der Waals surface area (Å²) >= 11 is 3.66. The molecule has 3 heteroatoms. The highest BCUT2D eigenvalue weighted by molar-refractivity contribution is 9.09. The summed E-state index contributed by atoms with van der Waals surface area (Å²) in [5, 5.41) is 0. The summed E-state index contributed by atoms with van der Waals surface area (Å²) in [6, 6.07) is 4.03. The lowest BCUT2D eigenvalue weighted by molar-refractivity contribution is 0.397. The van der Waals surface area contributed by atoms with Gasteiger partial charge in [0, 0.05) is 17.1 Å². The van der Waals surface area contributed by atoms with Crippen LogP contribution in [0.2, 0.25) is 0 Å². The highest BCUT2D eigenvalue weighted by atomic mass is 79.9. The molecule has 14 heavy (non-hydrogen) atoms. The molecule has 0 aliphatic carbocycles. The second-order valence-corrected chi connectivity index (χ2v) is 4.52. The number of rotatable bonds is 4. The third-order valence-electron chi connectivity index (χ3n) is 2.43. The van der Waals surface area contributed by atoms with Crippen LogP contribution in [0.5, 0.6) is 5.88 Å². The maximum Gasteiger partial charge on any atom is 0.213 e. The Kier molecular flexibility index (Phi) is 4.39. The summed E-state index contributed by atoms with van der Waals surface area (Å²) in [4.78, 5) is 4.60. The van der Waals surface area contributed by atoms with Crippen molar-refractivity contribution in [2.75, 3.05) is 7.11 Å². The third kappa shape index (κ3) is 2.71. The molecule has 0 fully saturated rings. The molecule has 1 heterocycles. The lowest BCUT2D eigenvalue weighted by Gasteiger charge is -2.17. The van der Waals surface area contributed by atoms with Gasteiger partial charge in [-0.3, -0.25) is 0 Å². The van der Waals surface area contributed by atoms with E-state index in [-0.39, 0.29) is 0 Å². The zero-order valence-electron chi connectivity index (χ0n) is 8.83. The lowest BCUT2D eigenvalue weighted by Crippen LogP contribution is -2.07. The van der Waals surface area contributed by atoms with Crippen LogP contribution in [-0.4, -0.2) is 16.9 Å². The van der Waals surface area contributed by atoms with Gasteiger partial charge >= 0.3 is 0 Å². The Morgan fingerprint density at radius 3 is 2.86 bits per heavy atom. The number of hydrogen-bond acceptors (Lipinski definition) is 2. The van der Waals surface area contributed by atoms with Gasteiger partial charge in [0.2, 0.25) is 5.88 Å². The van der Waals surface area contributed by atoms with Crippen LogP contribution in [0.4, 0.5) is 0 Å². The fraction of sp³-hybridized carbons (Fsp3) is 0.545. The number of halogens is 1. The minimum absolute atomic E-state index is 0.483. The van der Waals surface area contributed by atoms with Crippen LogP contribution in [0, 0.1) is 0 Å². The molecule has 2 nitrogen and oxygen atoms in total. The minimum atomic E-state index is 0.483. The number of pyridine rings is 1. The molecule has 1 rings (SSSR count). The van der Waals surface area contributed by atoms with Crippen molar-refractivity contribution in [1.29, 1.82) is 0 Å². The van der Waals surface area contributed by atoms with Crippen LogP contribution in [0.1, 0.15) is 31.7 Å². The van der Waals surface area contributed by atoms with Crippen molar-refractivity contribution in [2.24, 2.45) is 0 Å². The van der Waals surface area contributed by atoms with Crippen LogP contribution >= 0.6 is 15.9 Å². The molecule has 0 aliphatic rings. The van der Waals surface area contributed by atoms with E-state index in [1.165, 1.54) is 5.56 Å². The second-order valence-electron chi connectivity index (χ2n) is 3.34. The van der Waals surface area contributed by atoms with Gasteiger partial charge in [-0.15, -0.1) is 0 Å². The molecule has 1 aromatic heterocycles. The van der Waals surface area contributed by atoms with E-state index in [4.69, 9.17) is 4.74 Å². The van der Waals surface area contributed by atoms with E-state index in [0.29, 0.717) is 16.6 Å². The van der Waals surface area contributed by atoms with Gasteiger partial charge in [0.1, 0.15) is 0 Å². The standard InChI is InChI=1S/C11H16BrNO/c1-4-10(12)8(2)9-5-6-13-11(7-9)14-3/h5-8,10H,4H2,1-3H3. The Labute approximate surface area is 93.8 Å². The fourth-order valence-electron chi connectivity index (χ4n) is 1.38. The van der Waals surface area contributed by atoms with Crippen molar-refractivity contribution >= 4 is 15.9 Å². The first-order chi connectivity index (χ1) is 6.69. The Hall–Kier alpha value is -0.570. The van der Waals surface area contributed by atoms with E-state index in [0.717, 1.165) is 6.42 Å². The number of ether oxygens (including phenoxy) is 1. The predicted octanol–water partition coefficient (Wildman–Crippen LogP) is 3.37. The van der Waals surface area contributed by atoms with E-state index in [2.05, 4.69) is 34.8 Å². The summed E-state index contributed by atoms with van der Waals surface area (Å²) in [7, 11) is 1.64. The Morgan fingerprint density at radius 2 is 2.29 bits per heavy atom. The van der Waals surface area contributed by atoms with E-state index < -0.39 is 0 Å². The fourth-order valence-corrected chi connectivity index (χ4v) is 1.69.